The van der Waals surface area contributed by atoms with Crippen molar-refractivity contribution in [3.8, 4) is 5.75 Å². The Morgan fingerprint density at radius 1 is 1.34 bits per heavy atom. The molecule has 0 saturated heterocycles. The highest BCUT2D eigenvalue weighted by Gasteiger charge is 2.15. The van der Waals surface area contributed by atoms with Crippen molar-refractivity contribution in [2.45, 2.75) is 26.5 Å². The number of amides is 1. The summed E-state index contributed by atoms with van der Waals surface area (Å²) in [5, 5.41) is 18.6. The highest BCUT2D eigenvalue weighted by molar-refractivity contribution is 6.31. The number of aryl methyl sites for hydroxylation is 2. The first-order chi connectivity index (χ1) is 13.9. The van der Waals surface area contributed by atoms with Gasteiger partial charge in [-0.3, -0.25) is 19.6 Å². The molecule has 0 radical (unpaired) electrons. The second-order valence-electron chi connectivity index (χ2n) is 6.21. The van der Waals surface area contributed by atoms with Crippen LogP contribution in [0.15, 0.2) is 47.0 Å². The van der Waals surface area contributed by atoms with Crippen LogP contribution in [0.25, 0.3) is 0 Å². The molecule has 0 saturated carbocycles. The Bertz CT molecular complexity index is 994. The zero-order valence-corrected chi connectivity index (χ0v) is 16.4. The topological polar surface area (TPSA) is 112 Å². The summed E-state index contributed by atoms with van der Waals surface area (Å²) in [4.78, 5) is 22.6. The van der Waals surface area contributed by atoms with Crippen molar-refractivity contribution in [2.24, 2.45) is 0 Å². The summed E-state index contributed by atoms with van der Waals surface area (Å²) in [6, 6.07) is 9.18. The molecule has 29 heavy (non-hydrogen) atoms. The number of rotatable bonds is 9. The van der Waals surface area contributed by atoms with Crippen LogP contribution in [0.3, 0.4) is 0 Å². The summed E-state index contributed by atoms with van der Waals surface area (Å²) in [5.74, 6) is 0.310. The molecule has 0 bridgehead atoms. The van der Waals surface area contributed by atoms with Gasteiger partial charge >= 0.3 is 5.69 Å². The van der Waals surface area contributed by atoms with Crippen LogP contribution in [0.5, 0.6) is 5.75 Å². The Morgan fingerprint density at radius 3 is 2.86 bits per heavy atom. The van der Waals surface area contributed by atoms with Crippen LogP contribution in [0.2, 0.25) is 5.02 Å². The Balaban J connectivity index is 1.46. The predicted octanol–water partition coefficient (Wildman–Crippen LogP) is 3.75. The minimum absolute atomic E-state index is 0.0302. The molecule has 2 aromatic heterocycles. The van der Waals surface area contributed by atoms with Gasteiger partial charge in [-0.1, -0.05) is 23.7 Å². The Kier molecular flexibility index (Phi) is 6.50. The van der Waals surface area contributed by atoms with E-state index in [0.717, 1.165) is 5.69 Å². The number of hydrogen-bond acceptors (Lipinski definition) is 6. The van der Waals surface area contributed by atoms with E-state index in [1.807, 2.05) is 6.92 Å². The number of para-hydroxylation sites is 2. The van der Waals surface area contributed by atoms with Gasteiger partial charge in [0, 0.05) is 25.4 Å². The number of carbonyl (C=O) groups excluding carboxylic acids is 1. The lowest BCUT2D eigenvalue weighted by atomic mass is 10.3. The molecule has 1 N–H and O–H groups in total. The minimum atomic E-state index is -0.519. The van der Waals surface area contributed by atoms with E-state index >= 15 is 0 Å². The van der Waals surface area contributed by atoms with Gasteiger partial charge in [-0.25, -0.2) is 0 Å². The standard InChI is InChI=1S/C19H19ClN4O5/c1-13-15(20)11-23(22-13)10-4-9-21-19(25)18-8-7-14(29-18)12-28-17-6-3-2-5-16(17)24(26)27/h2-3,5-8,11H,4,9-10,12H2,1H3,(H,21,25). The summed E-state index contributed by atoms with van der Waals surface area (Å²) in [6.45, 7) is 2.87. The Hall–Kier alpha value is -3.33. The Morgan fingerprint density at radius 2 is 2.14 bits per heavy atom. The van der Waals surface area contributed by atoms with Crippen LogP contribution in [-0.2, 0) is 13.2 Å². The third kappa shape index (κ3) is 5.35. The van der Waals surface area contributed by atoms with Gasteiger partial charge in [0.15, 0.2) is 11.5 Å². The fraction of sp³-hybridized carbons (Fsp3) is 0.263. The molecule has 3 aromatic rings. The molecule has 0 aliphatic rings. The number of nitrogens with one attached hydrogen (secondary N) is 1. The monoisotopic (exact) mass is 418 g/mol. The van der Waals surface area contributed by atoms with Gasteiger partial charge in [0.25, 0.3) is 5.91 Å². The number of ether oxygens (including phenoxy) is 1. The number of carbonyl (C=O) groups is 1. The molecule has 0 aliphatic carbocycles. The molecule has 0 spiro atoms. The molecule has 0 aliphatic heterocycles. The van der Waals surface area contributed by atoms with E-state index in [2.05, 4.69) is 10.4 Å². The highest BCUT2D eigenvalue weighted by Crippen LogP contribution is 2.26. The van der Waals surface area contributed by atoms with E-state index in [1.165, 1.54) is 18.2 Å². The van der Waals surface area contributed by atoms with Crippen LogP contribution in [0, 0.1) is 17.0 Å². The van der Waals surface area contributed by atoms with Crippen LogP contribution in [0.4, 0.5) is 5.69 Å². The summed E-state index contributed by atoms with van der Waals surface area (Å²) >= 11 is 5.95. The van der Waals surface area contributed by atoms with Gasteiger partial charge in [0.1, 0.15) is 12.4 Å². The van der Waals surface area contributed by atoms with Gasteiger partial charge in [-0.2, -0.15) is 5.10 Å². The number of nitro benzene ring substituents is 1. The summed E-state index contributed by atoms with van der Waals surface area (Å²) in [5.41, 5.74) is 0.632. The third-order valence-corrected chi connectivity index (χ3v) is 4.42. The van der Waals surface area contributed by atoms with Crippen molar-refractivity contribution in [3.05, 3.63) is 74.9 Å². The maximum atomic E-state index is 12.2. The molecule has 10 heteroatoms. The minimum Gasteiger partial charge on any atom is -0.479 e. The number of hydrogen-bond donors (Lipinski definition) is 1. The van der Waals surface area contributed by atoms with Crippen LogP contribution >= 0.6 is 11.6 Å². The SMILES string of the molecule is Cc1nn(CCCNC(=O)c2ccc(COc3ccccc3[N+](=O)[O-])o2)cc1Cl. The number of benzene rings is 1. The van der Waals surface area contributed by atoms with Gasteiger partial charge in [0.2, 0.25) is 0 Å². The first-order valence-electron chi connectivity index (χ1n) is 8.86. The number of halogens is 1. The Labute approximate surface area is 171 Å². The van der Waals surface area contributed by atoms with Crippen molar-refractivity contribution in [2.75, 3.05) is 6.54 Å². The van der Waals surface area contributed by atoms with Crippen molar-refractivity contribution in [3.63, 3.8) is 0 Å². The highest BCUT2D eigenvalue weighted by atomic mass is 35.5. The average Bonchev–Trinajstić information content (AvgIpc) is 3.30. The third-order valence-electron chi connectivity index (χ3n) is 4.05. The normalized spacial score (nSPS) is 10.7. The lowest BCUT2D eigenvalue weighted by molar-refractivity contribution is -0.386. The molecule has 152 valence electrons. The van der Waals surface area contributed by atoms with E-state index in [9.17, 15) is 14.9 Å². The van der Waals surface area contributed by atoms with Gasteiger partial charge in [0.05, 0.1) is 15.6 Å². The van der Waals surface area contributed by atoms with E-state index in [4.69, 9.17) is 20.8 Å². The predicted molar refractivity (Wildman–Crippen MR) is 105 cm³/mol. The number of nitro groups is 1. The molecule has 0 fully saturated rings. The summed E-state index contributed by atoms with van der Waals surface area (Å²) in [7, 11) is 0. The molecule has 0 atom stereocenters. The fourth-order valence-corrected chi connectivity index (χ4v) is 2.75. The molecule has 1 amide bonds. The number of nitrogens with zero attached hydrogens (tertiary/aromatic N) is 3. The van der Waals surface area contributed by atoms with Crippen molar-refractivity contribution >= 4 is 23.2 Å². The second-order valence-corrected chi connectivity index (χ2v) is 6.62. The lowest BCUT2D eigenvalue weighted by Crippen LogP contribution is -2.24. The van der Waals surface area contributed by atoms with E-state index in [-0.39, 0.29) is 29.7 Å². The lowest BCUT2D eigenvalue weighted by Gasteiger charge is -2.05. The number of aromatic nitrogens is 2. The molecule has 0 unspecified atom stereocenters. The quantitative estimate of drug-likeness (QED) is 0.321. The van der Waals surface area contributed by atoms with Gasteiger partial charge < -0.3 is 14.5 Å². The van der Waals surface area contributed by atoms with Crippen molar-refractivity contribution < 1.29 is 18.9 Å². The molecular formula is C19H19ClN4O5. The first kappa shape index (κ1) is 20.4. The first-order valence-corrected chi connectivity index (χ1v) is 9.24. The summed E-state index contributed by atoms with van der Waals surface area (Å²) < 4.78 is 12.6. The fourth-order valence-electron chi connectivity index (χ4n) is 2.59. The van der Waals surface area contributed by atoms with Gasteiger partial charge in [-0.15, -0.1) is 0 Å². The molecule has 9 nitrogen and oxygen atoms in total. The number of furan rings is 1. The maximum Gasteiger partial charge on any atom is 0.310 e. The van der Waals surface area contributed by atoms with E-state index in [0.29, 0.717) is 30.3 Å². The molecule has 2 heterocycles. The molecule has 1 aromatic carbocycles. The zero-order valence-electron chi connectivity index (χ0n) is 15.6. The van der Waals surface area contributed by atoms with Crippen LogP contribution in [-0.4, -0.2) is 27.2 Å². The van der Waals surface area contributed by atoms with E-state index in [1.54, 1.807) is 29.1 Å². The largest absolute Gasteiger partial charge is 0.479 e. The maximum absolute atomic E-state index is 12.2. The van der Waals surface area contributed by atoms with Crippen LogP contribution in [0.1, 0.15) is 28.4 Å². The summed E-state index contributed by atoms with van der Waals surface area (Å²) in [6.07, 6.45) is 2.42. The molecular weight excluding hydrogens is 400 g/mol. The smallest absolute Gasteiger partial charge is 0.310 e. The zero-order chi connectivity index (χ0) is 20.8. The second kappa shape index (κ2) is 9.24. The average molecular weight is 419 g/mol. The van der Waals surface area contributed by atoms with Gasteiger partial charge in [-0.05, 0) is 31.5 Å². The van der Waals surface area contributed by atoms with E-state index < -0.39 is 4.92 Å². The van der Waals surface area contributed by atoms with Crippen molar-refractivity contribution in [1.29, 1.82) is 0 Å². The molecule has 3 rings (SSSR count). The van der Waals surface area contributed by atoms with Crippen LogP contribution < -0.4 is 10.1 Å². The van der Waals surface area contributed by atoms with Crippen molar-refractivity contribution in [1.82, 2.24) is 15.1 Å².